The summed E-state index contributed by atoms with van der Waals surface area (Å²) in [6, 6.07) is 13.9. The van der Waals surface area contributed by atoms with E-state index in [-0.39, 0.29) is 23.6 Å². The van der Waals surface area contributed by atoms with Crippen LogP contribution in [0, 0.1) is 5.82 Å². The molecule has 0 bridgehead atoms. The lowest BCUT2D eigenvalue weighted by Gasteiger charge is -2.10. The van der Waals surface area contributed by atoms with Crippen LogP contribution in [0.1, 0.15) is 12.0 Å². The minimum absolute atomic E-state index is 0.0365. The first kappa shape index (κ1) is 18.1. The summed E-state index contributed by atoms with van der Waals surface area (Å²) >= 11 is 0. The Bertz CT molecular complexity index is 929. The van der Waals surface area contributed by atoms with Crippen molar-refractivity contribution in [3.8, 4) is 0 Å². The molecule has 1 aliphatic heterocycles. The van der Waals surface area contributed by atoms with Crippen molar-refractivity contribution in [1.29, 1.82) is 0 Å². The molecule has 0 aliphatic carbocycles. The SMILES string of the molecule is O=C(NCCS(=O)(=O)c1ccccc1)C1CC(c2cccc(F)c2)=NO1. The van der Waals surface area contributed by atoms with Crippen molar-refractivity contribution in [3.63, 3.8) is 0 Å². The van der Waals surface area contributed by atoms with Gasteiger partial charge in [-0.05, 0) is 24.3 Å². The predicted octanol–water partition coefficient (Wildman–Crippen LogP) is 1.91. The van der Waals surface area contributed by atoms with Gasteiger partial charge < -0.3 is 10.2 Å². The molecule has 1 aliphatic rings. The van der Waals surface area contributed by atoms with Crippen molar-refractivity contribution in [2.45, 2.75) is 17.4 Å². The Labute approximate surface area is 150 Å². The molecular weight excluding hydrogens is 359 g/mol. The molecular formula is C18H17FN2O4S. The Hall–Kier alpha value is -2.74. The lowest BCUT2D eigenvalue weighted by atomic mass is 10.0. The van der Waals surface area contributed by atoms with Gasteiger partial charge in [0.05, 0.1) is 16.4 Å². The molecule has 2 aromatic rings. The monoisotopic (exact) mass is 376 g/mol. The fraction of sp³-hybridized carbons (Fsp3) is 0.222. The van der Waals surface area contributed by atoms with E-state index in [9.17, 15) is 17.6 Å². The van der Waals surface area contributed by atoms with Crippen LogP contribution in [0.15, 0.2) is 64.6 Å². The molecule has 1 heterocycles. The Kier molecular flexibility index (Phi) is 5.32. The molecule has 1 amide bonds. The van der Waals surface area contributed by atoms with Gasteiger partial charge in [0.2, 0.25) is 6.10 Å². The molecule has 1 atom stereocenters. The van der Waals surface area contributed by atoms with Crippen LogP contribution < -0.4 is 5.32 Å². The lowest BCUT2D eigenvalue weighted by Crippen LogP contribution is -2.37. The highest BCUT2D eigenvalue weighted by Gasteiger charge is 2.29. The third-order valence-electron chi connectivity index (χ3n) is 3.89. The number of oxime groups is 1. The summed E-state index contributed by atoms with van der Waals surface area (Å²) < 4.78 is 37.6. The van der Waals surface area contributed by atoms with Crippen LogP contribution in [0.5, 0.6) is 0 Å². The zero-order valence-electron chi connectivity index (χ0n) is 13.8. The van der Waals surface area contributed by atoms with Gasteiger partial charge in [-0.3, -0.25) is 4.79 Å². The number of carbonyl (C=O) groups is 1. The number of benzene rings is 2. The molecule has 0 aromatic heterocycles. The maximum atomic E-state index is 13.3. The van der Waals surface area contributed by atoms with Crippen molar-refractivity contribution in [2.24, 2.45) is 5.16 Å². The predicted molar refractivity (Wildman–Crippen MR) is 93.9 cm³/mol. The highest BCUT2D eigenvalue weighted by molar-refractivity contribution is 7.91. The minimum atomic E-state index is -3.46. The zero-order valence-corrected chi connectivity index (χ0v) is 14.6. The van der Waals surface area contributed by atoms with Gasteiger partial charge in [0.1, 0.15) is 5.82 Å². The summed E-state index contributed by atoms with van der Waals surface area (Å²) in [6.45, 7) is -0.0365. The van der Waals surface area contributed by atoms with E-state index >= 15 is 0 Å². The second-order valence-corrected chi connectivity index (χ2v) is 7.88. The second kappa shape index (κ2) is 7.65. The smallest absolute Gasteiger partial charge is 0.264 e. The summed E-state index contributed by atoms with van der Waals surface area (Å²) in [5, 5.41) is 6.37. The van der Waals surface area contributed by atoms with Gasteiger partial charge in [0, 0.05) is 18.5 Å². The molecule has 136 valence electrons. The van der Waals surface area contributed by atoms with Crippen molar-refractivity contribution in [3.05, 3.63) is 66.0 Å². The maximum absolute atomic E-state index is 13.3. The van der Waals surface area contributed by atoms with Crippen LogP contribution in [-0.2, 0) is 19.5 Å². The Morgan fingerprint density at radius 3 is 2.69 bits per heavy atom. The van der Waals surface area contributed by atoms with Crippen molar-refractivity contribution in [2.75, 3.05) is 12.3 Å². The van der Waals surface area contributed by atoms with Crippen molar-refractivity contribution < 1.29 is 22.4 Å². The van der Waals surface area contributed by atoms with Crippen LogP contribution >= 0.6 is 0 Å². The Morgan fingerprint density at radius 2 is 1.96 bits per heavy atom. The molecule has 0 fully saturated rings. The molecule has 6 nitrogen and oxygen atoms in total. The molecule has 2 aromatic carbocycles. The summed E-state index contributed by atoms with van der Waals surface area (Å²) in [6.07, 6.45) is -0.659. The van der Waals surface area contributed by atoms with E-state index < -0.39 is 27.7 Å². The van der Waals surface area contributed by atoms with E-state index in [1.165, 1.54) is 24.3 Å². The van der Waals surface area contributed by atoms with Gasteiger partial charge in [0.25, 0.3) is 5.91 Å². The lowest BCUT2D eigenvalue weighted by molar-refractivity contribution is -0.131. The molecule has 0 radical (unpaired) electrons. The quantitative estimate of drug-likeness (QED) is 0.835. The maximum Gasteiger partial charge on any atom is 0.264 e. The second-order valence-electron chi connectivity index (χ2n) is 5.77. The zero-order chi connectivity index (χ0) is 18.6. The van der Waals surface area contributed by atoms with Gasteiger partial charge in [-0.15, -0.1) is 0 Å². The number of hydrogen-bond acceptors (Lipinski definition) is 5. The summed E-state index contributed by atoms with van der Waals surface area (Å²) in [5.74, 6) is -1.07. The molecule has 26 heavy (non-hydrogen) atoms. The molecule has 8 heteroatoms. The van der Waals surface area contributed by atoms with E-state index in [2.05, 4.69) is 10.5 Å². The first-order valence-corrected chi connectivity index (χ1v) is 9.65. The van der Waals surface area contributed by atoms with E-state index in [0.717, 1.165) is 0 Å². The van der Waals surface area contributed by atoms with Crippen LogP contribution in [0.3, 0.4) is 0 Å². The fourth-order valence-corrected chi connectivity index (χ4v) is 3.70. The number of halogens is 1. The first-order valence-electron chi connectivity index (χ1n) is 8.00. The van der Waals surface area contributed by atoms with Crippen molar-refractivity contribution >= 4 is 21.5 Å². The average molecular weight is 376 g/mol. The molecule has 1 unspecified atom stereocenters. The van der Waals surface area contributed by atoms with E-state index in [0.29, 0.717) is 11.3 Å². The van der Waals surface area contributed by atoms with Crippen LogP contribution in [0.4, 0.5) is 4.39 Å². The number of carbonyl (C=O) groups excluding carboxylic acids is 1. The van der Waals surface area contributed by atoms with Crippen LogP contribution in [0.2, 0.25) is 0 Å². The van der Waals surface area contributed by atoms with Gasteiger partial charge >= 0.3 is 0 Å². The number of nitrogens with zero attached hydrogens (tertiary/aromatic N) is 1. The molecule has 3 rings (SSSR count). The third kappa shape index (κ3) is 4.26. The fourth-order valence-electron chi connectivity index (χ4n) is 2.52. The third-order valence-corrected chi connectivity index (χ3v) is 5.62. The first-order chi connectivity index (χ1) is 12.5. The van der Waals surface area contributed by atoms with E-state index in [1.807, 2.05) is 0 Å². The van der Waals surface area contributed by atoms with Gasteiger partial charge in [-0.25, -0.2) is 12.8 Å². The van der Waals surface area contributed by atoms with Crippen molar-refractivity contribution in [1.82, 2.24) is 5.32 Å². The minimum Gasteiger partial charge on any atom is -0.382 e. The number of sulfone groups is 1. The topological polar surface area (TPSA) is 84.8 Å². The normalized spacial score (nSPS) is 16.7. The van der Waals surface area contributed by atoms with Crippen LogP contribution in [0.25, 0.3) is 0 Å². The number of nitrogens with one attached hydrogen (secondary N) is 1. The van der Waals surface area contributed by atoms with E-state index in [4.69, 9.17) is 4.84 Å². The summed E-state index contributed by atoms with van der Waals surface area (Å²) in [5.41, 5.74) is 1.02. The number of rotatable bonds is 6. The molecule has 0 saturated carbocycles. The van der Waals surface area contributed by atoms with Gasteiger partial charge in [0.15, 0.2) is 9.84 Å². The van der Waals surface area contributed by atoms with Gasteiger partial charge in [-0.2, -0.15) is 0 Å². The number of amides is 1. The molecule has 1 N–H and O–H groups in total. The van der Waals surface area contributed by atoms with Gasteiger partial charge in [-0.1, -0.05) is 35.5 Å². The molecule has 0 saturated heterocycles. The highest BCUT2D eigenvalue weighted by Crippen LogP contribution is 2.17. The standard InChI is InChI=1S/C18H17FN2O4S/c19-14-6-4-5-13(11-14)16-12-17(25-21-16)18(22)20-9-10-26(23,24)15-7-2-1-3-8-15/h1-8,11,17H,9-10,12H2,(H,20,22). The van der Waals surface area contributed by atoms with E-state index in [1.54, 1.807) is 30.3 Å². The van der Waals surface area contributed by atoms with Crippen LogP contribution in [-0.4, -0.2) is 38.4 Å². The highest BCUT2D eigenvalue weighted by atomic mass is 32.2. The Morgan fingerprint density at radius 1 is 1.19 bits per heavy atom. The average Bonchev–Trinajstić information content (AvgIpc) is 3.12. The summed E-state index contributed by atoms with van der Waals surface area (Å²) in [7, 11) is -3.46. The largest absolute Gasteiger partial charge is 0.382 e. The number of hydrogen-bond donors (Lipinski definition) is 1. The summed E-state index contributed by atoms with van der Waals surface area (Å²) in [4.78, 5) is 17.4. The Balaban J connectivity index is 1.51. The molecule has 0 spiro atoms.